The number of amides is 1. The molecule has 5 aromatic heterocycles. The molecule has 5 heterocycles. The number of nitrogens with zero attached hydrogens (tertiary/aromatic N) is 4. The zero-order chi connectivity index (χ0) is 31.8. The first-order valence-corrected chi connectivity index (χ1v) is 17.3. The second kappa shape index (κ2) is 12.1. The van der Waals surface area contributed by atoms with Crippen LogP contribution in [0, 0.1) is 11.7 Å². The molecule has 1 aliphatic rings. The number of carbonyl (C=O) groups is 1. The highest BCUT2D eigenvalue weighted by Crippen LogP contribution is 2.34. The van der Waals surface area contributed by atoms with Crippen LogP contribution >= 0.6 is 0 Å². The van der Waals surface area contributed by atoms with Crippen LogP contribution in [0.2, 0.25) is 0 Å². The van der Waals surface area contributed by atoms with Crippen LogP contribution in [0.4, 0.5) is 10.1 Å². The number of halogens is 1. The molecule has 12 heteroatoms. The number of carbonyl (C=O) groups excluding carboxylic acids is 1. The molecule has 1 aromatic carbocycles. The minimum absolute atomic E-state index is 0.0364. The standard InChI is InChI=1S/C34H32FN7O3S/c1-46(44,45)12-10-20-13-22(15-24(35)14-20)26-9-11-37-33-27(26)17-30(40-33)32-31-29(41-42-32)8-7-28(39-31)23-16-25(19-36-18-23)38-34(43)21-5-3-2-4-6-21/h7-9,11,13-19,21H,2-6,10,12H2,1H3,(H,37,40)(H,38,43)(H,41,42). The van der Waals surface area contributed by atoms with Crippen molar-refractivity contribution < 1.29 is 17.6 Å². The highest BCUT2D eigenvalue weighted by atomic mass is 32.2. The molecule has 1 saturated carbocycles. The van der Waals surface area contributed by atoms with Crippen molar-refractivity contribution in [1.82, 2.24) is 30.1 Å². The lowest BCUT2D eigenvalue weighted by molar-refractivity contribution is -0.120. The van der Waals surface area contributed by atoms with Crippen LogP contribution in [0.5, 0.6) is 0 Å². The summed E-state index contributed by atoms with van der Waals surface area (Å²) >= 11 is 0. The van der Waals surface area contributed by atoms with Crippen LogP contribution in [0.15, 0.2) is 67.1 Å². The molecule has 7 rings (SSSR count). The summed E-state index contributed by atoms with van der Waals surface area (Å²) in [6.07, 6.45) is 11.6. The van der Waals surface area contributed by atoms with Crippen molar-refractivity contribution in [2.75, 3.05) is 17.3 Å². The largest absolute Gasteiger partial charge is 0.338 e. The number of sulfone groups is 1. The zero-order valence-electron chi connectivity index (χ0n) is 25.2. The highest BCUT2D eigenvalue weighted by Gasteiger charge is 2.22. The number of anilines is 1. The predicted molar refractivity (Wildman–Crippen MR) is 176 cm³/mol. The molecular formula is C34H32FN7O3S. The number of nitrogens with one attached hydrogen (secondary N) is 3. The number of aromatic amines is 2. The number of H-pyrrole nitrogens is 2. The normalized spacial score (nSPS) is 14.2. The van der Waals surface area contributed by atoms with Gasteiger partial charge in [-0.3, -0.25) is 14.9 Å². The van der Waals surface area contributed by atoms with Gasteiger partial charge in [0, 0.05) is 35.5 Å². The van der Waals surface area contributed by atoms with E-state index in [2.05, 4.69) is 30.5 Å². The lowest BCUT2D eigenvalue weighted by atomic mass is 9.88. The Morgan fingerprint density at radius 1 is 1.02 bits per heavy atom. The van der Waals surface area contributed by atoms with E-state index >= 15 is 0 Å². The molecule has 46 heavy (non-hydrogen) atoms. The van der Waals surface area contributed by atoms with E-state index in [1.54, 1.807) is 24.7 Å². The molecule has 0 bridgehead atoms. The fraction of sp³-hybridized carbons (Fsp3) is 0.265. The summed E-state index contributed by atoms with van der Waals surface area (Å²) in [4.78, 5) is 29.9. The molecule has 0 atom stereocenters. The molecule has 0 aliphatic heterocycles. The Morgan fingerprint density at radius 3 is 2.70 bits per heavy atom. The lowest BCUT2D eigenvalue weighted by Gasteiger charge is -2.20. The van der Waals surface area contributed by atoms with Gasteiger partial charge in [0.15, 0.2) is 0 Å². The van der Waals surface area contributed by atoms with Crippen LogP contribution in [-0.2, 0) is 21.1 Å². The second-order valence-electron chi connectivity index (χ2n) is 12.0. The SMILES string of the molecule is CS(=O)(=O)CCc1cc(F)cc(-c2ccnc3[nH]c(-c4n[nH]c5ccc(-c6cncc(NC(=O)C7CCCCC7)c6)nc45)cc23)c1. The van der Waals surface area contributed by atoms with E-state index in [9.17, 15) is 17.6 Å². The predicted octanol–water partition coefficient (Wildman–Crippen LogP) is 6.48. The van der Waals surface area contributed by atoms with E-state index < -0.39 is 15.7 Å². The van der Waals surface area contributed by atoms with Crippen molar-refractivity contribution in [3.05, 3.63) is 78.5 Å². The smallest absolute Gasteiger partial charge is 0.227 e. The summed E-state index contributed by atoms with van der Waals surface area (Å²) in [5, 5.41) is 11.4. The van der Waals surface area contributed by atoms with Crippen LogP contribution < -0.4 is 5.32 Å². The number of aromatic nitrogens is 6. The maximum absolute atomic E-state index is 14.7. The Bertz CT molecular complexity index is 2200. The van der Waals surface area contributed by atoms with Gasteiger partial charge in [-0.15, -0.1) is 0 Å². The highest BCUT2D eigenvalue weighted by molar-refractivity contribution is 7.90. The summed E-state index contributed by atoms with van der Waals surface area (Å²) in [6.45, 7) is 0. The van der Waals surface area contributed by atoms with Crippen LogP contribution in [0.3, 0.4) is 0 Å². The van der Waals surface area contributed by atoms with Crippen molar-refractivity contribution in [2.24, 2.45) is 5.92 Å². The molecule has 3 N–H and O–H groups in total. The first kappa shape index (κ1) is 29.7. The van der Waals surface area contributed by atoms with Gasteiger partial charge in [-0.1, -0.05) is 25.3 Å². The lowest BCUT2D eigenvalue weighted by Crippen LogP contribution is -2.24. The minimum atomic E-state index is -3.19. The van der Waals surface area contributed by atoms with Crippen molar-refractivity contribution in [1.29, 1.82) is 0 Å². The molecule has 0 unspecified atom stereocenters. The molecule has 0 radical (unpaired) electrons. The van der Waals surface area contributed by atoms with Crippen molar-refractivity contribution >= 4 is 43.5 Å². The van der Waals surface area contributed by atoms with E-state index in [0.29, 0.717) is 45.1 Å². The number of aryl methyl sites for hydroxylation is 1. The molecular weight excluding hydrogens is 605 g/mol. The van der Waals surface area contributed by atoms with E-state index in [1.165, 1.54) is 24.8 Å². The summed E-state index contributed by atoms with van der Waals surface area (Å²) < 4.78 is 38.1. The number of rotatable bonds is 8. The number of hydrogen-bond acceptors (Lipinski definition) is 7. The maximum atomic E-state index is 14.7. The van der Waals surface area contributed by atoms with Crippen molar-refractivity contribution in [3.63, 3.8) is 0 Å². The number of hydrogen-bond donors (Lipinski definition) is 3. The van der Waals surface area contributed by atoms with Crippen molar-refractivity contribution in [2.45, 2.75) is 38.5 Å². The Hall–Kier alpha value is -4.97. The molecule has 234 valence electrons. The van der Waals surface area contributed by atoms with Crippen molar-refractivity contribution in [3.8, 4) is 33.8 Å². The van der Waals surface area contributed by atoms with Gasteiger partial charge in [0.1, 0.15) is 32.5 Å². The van der Waals surface area contributed by atoms with Gasteiger partial charge in [-0.05, 0) is 78.4 Å². The molecule has 1 amide bonds. The number of benzene rings is 1. The fourth-order valence-corrected chi connectivity index (χ4v) is 6.77. The topological polar surface area (TPSA) is 146 Å². The van der Waals surface area contributed by atoms with Gasteiger partial charge < -0.3 is 10.3 Å². The molecule has 1 fully saturated rings. The molecule has 1 aliphatic carbocycles. The molecule has 10 nitrogen and oxygen atoms in total. The zero-order valence-corrected chi connectivity index (χ0v) is 26.0. The average molecular weight is 638 g/mol. The number of pyridine rings is 3. The maximum Gasteiger partial charge on any atom is 0.227 e. The van der Waals surface area contributed by atoms with Gasteiger partial charge in [-0.2, -0.15) is 5.10 Å². The second-order valence-corrected chi connectivity index (χ2v) is 14.2. The third kappa shape index (κ3) is 6.25. The van der Waals surface area contributed by atoms with Gasteiger partial charge in [0.25, 0.3) is 0 Å². The monoisotopic (exact) mass is 637 g/mol. The summed E-state index contributed by atoms with van der Waals surface area (Å²) in [6, 6.07) is 14.0. The third-order valence-electron chi connectivity index (χ3n) is 8.50. The fourth-order valence-electron chi connectivity index (χ4n) is 6.16. The van der Waals surface area contributed by atoms with E-state index in [-0.39, 0.29) is 24.0 Å². The van der Waals surface area contributed by atoms with Gasteiger partial charge >= 0.3 is 0 Å². The van der Waals surface area contributed by atoms with E-state index in [4.69, 9.17) is 4.98 Å². The summed E-state index contributed by atoms with van der Waals surface area (Å²) in [7, 11) is -3.19. The molecule has 6 aromatic rings. The summed E-state index contributed by atoms with van der Waals surface area (Å²) in [5.74, 6) is -0.431. The van der Waals surface area contributed by atoms with E-state index in [0.717, 1.165) is 47.7 Å². The van der Waals surface area contributed by atoms with Crippen LogP contribution in [-0.4, -0.2) is 56.5 Å². The van der Waals surface area contributed by atoms with Crippen LogP contribution in [0.25, 0.3) is 55.8 Å². The third-order valence-corrected chi connectivity index (χ3v) is 9.45. The molecule has 0 saturated heterocycles. The minimum Gasteiger partial charge on any atom is -0.338 e. The van der Waals surface area contributed by atoms with Gasteiger partial charge in [0.05, 0.1) is 34.5 Å². The molecule has 0 spiro atoms. The van der Waals surface area contributed by atoms with Crippen LogP contribution in [0.1, 0.15) is 37.7 Å². The quantitative estimate of drug-likeness (QED) is 0.173. The Labute approximate surface area is 264 Å². The van der Waals surface area contributed by atoms with Gasteiger partial charge in [-0.25, -0.2) is 22.8 Å². The summed E-state index contributed by atoms with van der Waals surface area (Å²) in [5.41, 5.74) is 7.26. The first-order valence-electron chi connectivity index (χ1n) is 15.3. The van der Waals surface area contributed by atoms with E-state index in [1.807, 2.05) is 30.3 Å². The van der Waals surface area contributed by atoms with Gasteiger partial charge in [0.2, 0.25) is 5.91 Å². The number of fused-ring (bicyclic) bond motifs is 2. The Kier molecular flexibility index (Phi) is 7.81. The Balaban J connectivity index is 1.21. The Morgan fingerprint density at radius 2 is 1.87 bits per heavy atom. The average Bonchev–Trinajstić information content (AvgIpc) is 3.68. The first-order chi connectivity index (χ1) is 22.2.